The molecular formula is C25H26F3N7O. The molecule has 1 aliphatic carbocycles. The molecular weight excluding hydrogens is 471 g/mol. The summed E-state index contributed by atoms with van der Waals surface area (Å²) in [6.07, 6.45) is 4.00. The molecule has 1 aromatic carbocycles. The van der Waals surface area contributed by atoms with Crippen LogP contribution in [0.5, 0.6) is 0 Å². The smallest absolute Gasteiger partial charge is 0.380 e. The van der Waals surface area contributed by atoms with Gasteiger partial charge in [0, 0.05) is 37.1 Å². The van der Waals surface area contributed by atoms with Gasteiger partial charge in [-0.2, -0.15) is 13.2 Å². The molecule has 1 aliphatic rings. The number of aromatic nitrogens is 5. The fourth-order valence-electron chi connectivity index (χ4n) is 4.75. The van der Waals surface area contributed by atoms with Crippen LogP contribution in [0.2, 0.25) is 0 Å². The zero-order valence-corrected chi connectivity index (χ0v) is 19.7. The number of likely N-dealkylation sites (N-methyl/N-ethyl adjacent to an activating group) is 1. The van der Waals surface area contributed by atoms with Crippen LogP contribution in [0.15, 0.2) is 59.9 Å². The van der Waals surface area contributed by atoms with Crippen molar-refractivity contribution in [1.29, 1.82) is 0 Å². The van der Waals surface area contributed by atoms with E-state index in [-0.39, 0.29) is 31.1 Å². The van der Waals surface area contributed by atoms with Gasteiger partial charge in [0.05, 0.1) is 36.6 Å². The van der Waals surface area contributed by atoms with E-state index in [0.717, 1.165) is 18.5 Å². The Morgan fingerprint density at radius 2 is 1.94 bits per heavy atom. The SMILES string of the molecule is CN(CCn1cc(Cn2ccnn2)c(=O)c2cc(NC3Cc4ccccc4C3)cnc21)CC(F)(F)F. The van der Waals surface area contributed by atoms with Gasteiger partial charge in [-0.25, -0.2) is 9.67 Å². The first-order chi connectivity index (χ1) is 17.2. The first-order valence-electron chi connectivity index (χ1n) is 11.7. The minimum Gasteiger partial charge on any atom is -0.380 e. The molecule has 8 nitrogen and oxygen atoms in total. The third-order valence-electron chi connectivity index (χ3n) is 6.38. The highest BCUT2D eigenvalue weighted by Crippen LogP contribution is 2.25. The summed E-state index contributed by atoms with van der Waals surface area (Å²) in [6.45, 7) is -0.432. The Kier molecular flexibility index (Phi) is 6.48. The van der Waals surface area contributed by atoms with Crippen molar-refractivity contribution in [3.8, 4) is 0 Å². The Hall–Kier alpha value is -3.73. The predicted octanol–water partition coefficient (Wildman–Crippen LogP) is 3.11. The maximum atomic E-state index is 13.4. The molecule has 0 unspecified atom stereocenters. The van der Waals surface area contributed by atoms with E-state index in [0.29, 0.717) is 16.6 Å². The standard InChI is InChI=1S/C25H26F3N7O/c1-33(16-25(26,27)28)8-9-34-14-19(15-35-7-6-30-32-35)23(36)22-12-21(13-29-24(22)34)31-20-10-17-4-2-3-5-18(17)11-20/h2-7,12-14,20,31H,8-11,15-16H2,1H3. The van der Waals surface area contributed by atoms with Crippen molar-refractivity contribution in [3.63, 3.8) is 0 Å². The van der Waals surface area contributed by atoms with Gasteiger partial charge in [-0.3, -0.25) is 9.69 Å². The average molecular weight is 498 g/mol. The second-order valence-electron chi connectivity index (χ2n) is 9.24. The number of nitrogens with zero attached hydrogens (tertiary/aromatic N) is 6. The largest absolute Gasteiger partial charge is 0.401 e. The number of pyridine rings is 2. The summed E-state index contributed by atoms with van der Waals surface area (Å²) in [5.74, 6) is 0. The van der Waals surface area contributed by atoms with Crippen LogP contribution in [-0.4, -0.2) is 61.8 Å². The molecule has 0 saturated carbocycles. The Morgan fingerprint density at radius 1 is 1.19 bits per heavy atom. The van der Waals surface area contributed by atoms with Gasteiger partial charge < -0.3 is 9.88 Å². The molecule has 5 rings (SSSR count). The number of fused-ring (bicyclic) bond motifs is 2. The molecule has 0 bridgehead atoms. The second kappa shape index (κ2) is 9.73. The lowest BCUT2D eigenvalue weighted by Crippen LogP contribution is -2.33. The van der Waals surface area contributed by atoms with Crippen molar-refractivity contribution in [2.75, 3.05) is 25.5 Å². The highest BCUT2D eigenvalue weighted by molar-refractivity contribution is 5.79. The van der Waals surface area contributed by atoms with E-state index in [1.54, 1.807) is 29.2 Å². The van der Waals surface area contributed by atoms with Crippen LogP contribution >= 0.6 is 0 Å². The summed E-state index contributed by atoms with van der Waals surface area (Å²) in [4.78, 5) is 19.2. The Bertz CT molecular complexity index is 1390. The van der Waals surface area contributed by atoms with Crippen molar-refractivity contribution in [1.82, 2.24) is 29.4 Å². The van der Waals surface area contributed by atoms with E-state index >= 15 is 0 Å². The molecule has 0 aliphatic heterocycles. The molecule has 36 heavy (non-hydrogen) atoms. The Labute approximate surface area is 205 Å². The van der Waals surface area contributed by atoms with Crippen LogP contribution in [0.3, 0.4) is 0 Å². The van der Waals surface area contributed by atoms with Gasteiger partial charge in [0.2, 0.25) is 0 Å². The zero-order valence-electron chi connectivity index (χ0n) is 19.7. The molecule has 0 radical (unpaired) electrons. The summed E-state index contributed by atoms with van der Waals surface area (Å²) in [5, 5.41) is 11.6. The molecule has 1 N–H and O–H groups in total. The van der Waals surface area contributed by atoms with Gasteiger partial charge in [-0.15, -0.1) is 5.10 Å². The van der Waals surface area contributed by atoms with Gasteiger partial charge in [-0.05, 0) is 37.1 Å². The van der Waals surface area contributed by atoms with Gasteiger partial charge in [0.1, 0.15) is 5.65 Å². The van der Waals surface area contributed by atoms with Crippen molar-refractivity contribution in [2.45, 2.75) is 38.1 Å². The van der Waals surface area contributed by atoms with Crippen LogP contribution in [0.4, 0.5) is 18.9 Å². The maximum Gasteiger partial charge on any atom is 0.401 e. The molecule has 0 atom stereocenters. The summed E-state index contributed by atoms with van der Waals surface area (Å²) < 4.78 is 41.6. The van der Waals surface area contributed by atoms with E-state index < -0.39 is 12.7 Å². The number of benzene rings is 1. The topological polar surface area (TPSA) is 80.9 Å². The normalized spacial score (nSPS) is 14.0. The fraction of sp³-hybridized carbons (Fsp3) is 0.360. The van der Waals surface area contributed by atoms with Gasteiger partial charge in [0.25, 0.3) is 0 Å². The number of hydrogen-bond donors (Lipinski definition) is 1. The molecule has 3 aromatic heterocycles. The lowest BCUT2D eigenvalue weighted by molar-refractivity contribution is -0.143. The highest BCUT2D eigenvalue weighted by atomic mass is 19.4. The lowest BCUT2D eigenvalue weighted by atomic mass is 10.1. The monoisotopic (exact) mass is 497 g/mol. The minimum atomic E-state index is -4.28. The minimum absolute atomic E-state index is 0.141. The molecule has 4 aromatic rings. The average Bonchev–Trinajstić information content (AvgIpc) is 3.48. The Morgan fingerprint density at radius 3 is 2.61 bits per heavy atom. The molecule has 3 heterocycles. The van der Waals surface area contributed by atoms with E-state index in [1.807, 2.05) is 12.1 Å². The first kappa shape index (κ1) is 24.0. The summed E-state index contributed by atoms with van der Waals surface area (Å²) in [5.41, 5.74) is 4.05. The zero-order chi connectivity index (χ0) is 25.3. The van der Waals surface area contributed by atoms with E-state index in [4.69, 9.17) is 0 Å². The molecule has 0 amide bonds. The lowest BCUT2D eigenvalue weighted by Gasteiger charge is -2.20. The Balaban J connectivity index is 1.44. The number of hydrogen-bond acceptors (Lipinski definition) is 6. The number of anilines is 1. The van der Waals surface area contributed by atoms with E-state index in [2.05, 4.69) is 32.7 Å². The first-order valence-corrected chi connectivity index (χ1v) is 11.7. The number of rotatable bonds is 8. The van der Waals surface area contributed by atoms with Gasteiger partial charge >= 0.3 is 6.18 Å². The van der Waals surface area contributed by atoms with Crippen molar-refractivity contribution in [3.05, 3.63) is 82.0 Å². The van der Waals surface area contributed by atoms with Gasteiger partial charge in [-0.1, -0.05) is 29.5 Å². The quantitative estimate of drug-likeness (QED) is 0.403. The molecule has 11 heteroatoms. The third kappa shape index (κ3) is 5.40. The van der Waals surface area contributed by atoms with Crippen LogP contribution in [-0.2, 0) is 25.9 Å². The second-order valence-corrected chi connectivity index (χ2v) is 9.24. The predicted molar refractivity (Wildman–Crippen MR) is 130 cm³/mol. The maximum absolute atomic E-state index is 13.4. The van der Waals surface area contributed by atoms with Gasteiger partial charge in [0.15, 0.2) is 5.43 Å². The summed E-state index contributed by atoms with van der Waals surface area (Å²) in [7, 11) is 1.42. The molecule has 0 spiro atoms. The number of halogens is 3. The van der Waals surface area contributed by atoms with Crippen LogP contribution < -0.4 is 10.7 Å². The van der Waals surface area contributed by atoms with E-state index in [1.165, 1.54) is 34.0 Å². The van der Waals surface area contributed by atoms with E-state index in [9.17, 15) is 18.0 Å². The third-order valence-corrected chi connectivity index (χ3v) is 6.38. The molecule has 0 fully saturated rings. The summed E-state index contributed by atoms with van der Waals surface area (Å²) in [6, 6.07) is 10.3. The number of alkyl halides is 3. The highest BCUT2D eigenvalue weighted by Gasteiger charge is 2.29. The van der Waals surface area contributed by atoms with Crippen LogP contribution in [0, 0.1) is 0 Å². The van der Waals surface area contributed by atoms with Crippen molar-refractivity contribution >= 4 is 16.7 Å². The van der Waals surface area contributed by atoms with Crippen LogP contribution in [0.1, 0.15) is 16.7 Å². The molecule has 0 saturated heterocycles. The van der Waals surface area contributed by atoms with Crippen molar-refractivity contribution in [2.24, 2.45) is 0 Å². The van der Waals surface area contributed by atoms with Crippen molar-refractivity contribution < 1.29 is 13.2 Å². The number of nitrogens with one attached hydrogen (secondary N) is 1. The molecule has 188 valence electrons. The fourth-order valence-corrected chi connectivity index (χ4v) is 4.75. The summed E-state index contributed by atoms with van der Waals surface area (Å²) >= 11 is 0. The van der Waals surface area contributed by atoms with Crippen LogP contribution in [0.25, 0.3) is 11.0 Å².